The minimum absolute atomic E-state index is 0.0236. The SMILES string of the molecule is O=C(O)CCn1c(=O)oc2cc(N3CC(C(=O)O)CC3=O)ccc21. The van der Waals surface area contributed by atoms with Crippen molar-refractivity contribution >= 4 is 34.6 Å². The molecule has 1 atom stereocenters. The number of aliphatic carboxylic acids is 2. The first-order chi connectivity index (χ1) is 11.4. The van der Waals surface area contributed by atoms with Crippen LogP contribution in [0.3, 0.4) is 0 Å². The van der Waals surface area contributed by atoms with E-state index in [0.29, 0.717) is 11.2 Å². The van der Waals surface area contributed by atoms with Crippen LogP contribution in [-0.2, 0) is 20.9 Å². The van der Waals surface area contributed by atoms with Gasteiger partial charge < -0.3 is 19.5 Å². The lowest BCUT2D eigenvalue weighted by molar-refractivity contribution is -0.141. The number of carbonyl (C=O) groups is 3. The molecule has 1 aromatic carbocycles. The molecule has 1 amide bonds. The van der Waals surface area contributed by atoms with Crippen molar-refractivity contribution < 1.29 is 29.0 Å². The van der Waals surface area contributed by atoms with E-state index in [1.165, 1.54) is 15.5 Å². The number of anilines is 1. The van der Waals surface area contributed by atoms with Gasteiger partial charge in [-0.15, -0.1) is 0 Å². The summed E-state index contributed by atoms with van der Waals surface area (Å²) < 4.78 is 6.31. The lowest BCUT2D eigenvalue weighted by Gasteiger charge is -2.15. The van der Waals surface area contributed by atoms with Crippen molar-refractivity contribution in [2.24, 2.45) is 5.92 Å². The van der Waals surface area contributed by atoms with Gasteiger partial charge in [0.05, 0.1) is 17.9 Å². The molecule has 2 N–H and O–H groups in total. The molecular formula is C15H14N2O7. The maximum atomic E-state index is 12.0. The highest BCUT2D eigenvalue weighted by Crippen LogP contribution is 2.28. The van der Waals surface area contributed by atoms with Gasteiger partial charge in [-0.2, -0.15) is 0 Å². The lowest BCUT2D eigenvalue weighted by atomic mass is 10.1. The fourth-order valence-electron chi connectivity index (χ4n) is 2.76. The van der Waals surface area contributed by atoms with E-state index in [2.05, 4.69) is 0 Å². The fraction of sp³-hybridized carbons (Fsp3) is 0.333. The van der Waals surface area contributed by atoms with Gasteiger partial charge in [0.25, 0.3) is 0 Å². The van der Waals surface area contributed by atoms with E-state index in [0.717, 1.165) is 0 Å². The Labute approximate surface area is 134 Å². The minimum Gasteiger partial charge on any atom is -0.481 e. The number of amides is 1. The summed E-state index contributed by atoms with van der Waals surface area (Å²) in [6.45, 7) is 0.0356. The van der Waals surface area contributed by atoms with E-state index in [-0.39, 0.29) is 37.4 Å². The number of hydrogen-bond donors (Lipinski definition) is 2. The van der Waals surface area contributed by atoms with Crippen LogP contribution in [0.1, 0.15) is 12.8 Å². The van der Waals surface area contributed by atoms with E-state index < -0.39 is 23.6 Å². The average molecular weight is 334 g/mol. The van der Waals surface area contributed by atoms with Gasteiger partial charge >= 0.3 is 17.7 Å². The monoisotopic (exact) mass is 334 g/mol. The Morgan fingerprint density at radius 2 is 2.00 bits per heavy atom. The minimum atomic E-state index is -1.03. The second-order valence-corrected chi connectivity index (χ2v) is 5.56. The molecule has 24 heavy (non-hydrogen) atoms. The summed E-state index contributed by atoms with van der Waals surface area (Å²) in [5, 5.41) is 17.7. The predicted molar refractivity (Wildman–Crippen MR) is 80.8 cm³/mol. The molecule has 1 aliphatic heterocycles. The molecule has 1 unspecified atom stereocenters. The Hall–Kier alpha value is -3.10. The van der Waals surface area contributed by atoms with Gasteiger partial charge in [0, 0.05) is 31.3 Å². The molecule has 0 spiro atoms. The highest BCUT2D eigenvalue weighted by Gasteiger charge is 2.35. The number of oxazole rings is 1. The van der Waals surface area contributed by atoms with Crippen LogP contribution in [0.15, 0.2) is 27.4 Å². The first-order valence-corrected chi connectivity index (χ1v) is 7.25. The molecule has 0 radical (unpaired) electrons. The first kappa shape index (κ1) is 15.8. The van der Waals surface area contributed by atoms with Gasteiger partial charge in [-0.1, -0.05) is 0 Å². The molecule has 2 heterocycles. The standard InChI is InChI=1S/C15H14N2O7/c18-12-5-8(14(21)22)7-17(12)9-1-2-10-11(6-9)24-15(23)16(10)4-3-13(19)20/h1-2,6,8H,3-5,7H2,(H,19,20)(H,21,22). The summed E-state index contributed by atoms with van der Waals surface area (Å²) >= 11 is 0. The van der Waals surface area contributed by atoms with E-state index in [9.17, 15) is 19.2 Å². The summed E-state index contributed by atoms with van der Waals surface area (Å²) in [5.41, 5.74) is 1.08. The van der Waals surface area contributed by atoms with Crippen molar-refractivity contribution in [2.45, 2.75) is 19.4 Å². The number of aromatic nitrogens is 1. The molecule has 0 bridgehead atoms. The third-order valence-electron chi connectivity index (χ3n) is 3.99. The quantitative estimate of drug-likeness (QED) is 0.814. The van der Waals surface area contributed by atoms with Crippen LogP contribution in [0.5, 0.6) is 0 Å². The molecule has 1 fully saturated rings. The van der Waals surface area contributed by atoms with Gasteiger partial charge in [-0.25, -0.2) is 4.79 Å². The molecule has 3 rings (SSSR count). The van der Waals surface area contributed by atoms with E-state index >= 15 is 0 Å². The smallest absolute Gasteiger partial charge is 0.419 e. The van der Waals surface area contributed by atoms with E-state index in [4.69, 9.17) is 14.6 Å². The number of fused-ring (bicyclic) bond motifs is 1. The zero-order chi connectivity index (χ0) is 17.4. The van der Waals surface area contributed by atoms with Crippen molar-refractivity contribution in [3.05, 3.63) is 28.7 Å². The number of benzene rings is 1. The second kappa shape index (κ2) is 5.84. The lowest BCUT2D eigenvalue weighted by Crippen LogP contribution is -2.25. The Balaban J connectivity index is 1.93. The summed E-state index contributed by atoms with van der Waals surface area (Å²) in [6.07, 6.45) is -0.294. The molecule has 1 saturated heterocycles. The molecule has 126 valence electrons. The average Bonchev–Trinajstić information content (AvgIpc) is 3.04. The zero-order valence-corrected chi connectivity index (χ0v) is 12.5. The maximum Gasteiger partial charge on any atom is 0.419 e. The third kappa shape index (κ3) is 2.75. The third-order valence-corrected chi connectivity index (χ3v) is 3.99. The van der Waals surface area contributed by atoms with Gasteiger partial charge in [-0.3, -0.25) is 19.0 Å². The van der Waals surface area contributed by atoms with E-state index in [1.807, 2.05) is 0 Å². The molecule has 9 nitrogen and oxygen atoms in total. The van der Waals surface area contributed by atoms with Crippen LogP contribution in [-0.4, -0.2) is 39.2 Å². The topological polar surface area (TPSA) is 130 Å². The van der Waals surface area contributed by atoms with Gasteiger partial charge in [-0.05, 0) is 12.1 Å². The molecule has 1 aliphatic rings. The Morgan fingerprint density at radius 3 is 2.62 bits per heavy atom. The van der Waals surface area contributed by atoms with Crippen LogP contribution < -0.4 is 10.7 Å². The van der Waals surface area contributed by atoms with Crippen molar-refractivity contribution in [1.29, 1.82) is 0 Å². The van der Waals surface area contributed by atoms with Crippen molar-refractivity contribution in [2.75, 3.05) is 11.4 Å². The zero-order valence-electron chi connectivity index (χ0n) is 12.5. The number of rotatable bonds is 5. The van der Waals surface area contributed by atoms with Crippen LogP contribution in [0.2, 0.25) is 0 Å². The maximum absolute atomic E-state index is 12.0. The second-order valence-electron chi connectivity index (χ2n) is 5.56. The highest BCUT2D eigenvalue weighted by atomic mass is 16.4. The Morgan fingerprint density at radius 1 is 1.25 bits per heavy atom. The number of nitrogens with zero attached hydrogens (tertiary/aromatic N) is 2. The van der Waals surface area contributed by atoms with Gasteiger partial charge in [0.15, 0.2) is 5.58 Å². The van der Waals surface area contributed by atoms with Crippen molar-refractivity contribution in [3.8, 4) is 0 Å². The number of carboxylic acid groups (broad SMARTS) is 2. The molecule has 0 saturated carbocycles. The Kier molecular flexibility index (Phi) is 3.84. The number of hydrogen-bond acceptors (Lipinski definition) is 5. The van der Waals surface area contributed by atoms with Crippen molar-refractivity contribution in [1.82, 2.24) is 4.57 Å². The normalized spacial score (nSPS) is 17.6. The summed E-state index contributed by atoms with van der Waals surface area (Å²) in [5.74, 6) is -3.82. The predicted octanol–water partition coefficient (Wildman–Crippen LogP) is 0.507. The van der Waals surface area contributed by atoms with Crippen LogP contribution in [0.4, 0.5) is 5.69 Å². The van der Waals surface area contributed by atoms with Crippen LogP contribution in [0.25, 0.3) is 11.1 Å². The van der Waals surface area contributed by atoms with Crippen LogP contribution in [0, 0.1) is 5.92 Å². The van der Waals surface area contributed by atoms with E-state index in [1.54, 1.807) is 12.1 Å². The number of carbonyl (C=O) groups excluding carboxylic acids is 1. The van der Waals surface area contributed by atoms with Gasteiger partial charge in [0.2, 0.25) is 5.91 Å². The first-order valence-electron chi connectivity index (χ1n) is 7.25. The molecule has 1 aromatic heterocycles. The summed E-state index contributed by atoms with van der Waals surface area (Å²) in [7, 11) is 0. The summed E-state index contributed by atoms with van der Waals surface area (Å²) in [6, 6.07) is 4.62. The van der Waals surface area contributed by atoms with Gasteiger partial charge in [0.1, 0.15) is 0 Å². The largest absolute Gasteiger partial charge is 0.481 e. The number of carboxylic acids is 2. The summed E-state index contributed by atoms with van der Waals surface area (Å²) in [4.78, 5) is 46.8. The fourth-order valence-corrected chi connectivity index (χ4v) is 2.76. The molecule has 2 aromatic rings. The molecule has 0 aliphatic carbocycles. The Bertz CT molecular complexity index is 895. The number of aryl methyl sites for hydroxylation is 1. The molecular weight excluding hydrogens is 320 g/mol. The highest BCUT2D eigenvalue weighted by molar-refractivity contribution is 6.00. The van der Waals surface area contributed by atoms with Crippen LogP contribution >= 0.6 is 0 Å². The van der Waals surface area contributed by atoms with Crippen molar-refractivity contribution in [3.63, 3.8) is 0 Å². The molecule has 9 heteroatoms.